The van der Waals surface area contributed by atoms with Crippen LogP contribution in [0.5, 0.6) is 0 Å². The summed E-state index contributed by atoms with van der Waals surface area (Å²) in [7, 11) is 0. The smallest absolute Gasteiger partial charge is 0.345 e. The number of halogens is 1. The number of oxime groups is 1. The Morgan fingerprint density at radius 3 is 2.62 bits per heavy atom. The van der Waals surface area contributed by atoms with E-state index in [1.54, 1.807) is 24.3 Å². The summed E-state index contributed by atoms with van der Waals surface area (Å²) < 4.78 is 5.49. The van der Waals surface area contributed by atoms with Crippen LogP contribution >= 0.6 is 23.4 Å². The summed E-state index contributed by atoms with van der Waals surface area (Å²) in [5, 5.41) is 12.3. The highest BCUT2D eigenvalue weighted by Crippen LogP contribution is 2.22. The Morgan fingerprint density at radius 1 is 1.15 bits per heavy atom. The largest absolute Gasteiger partial charge is 0.411 e. The summed E-state index contributed by atoms with van der Waals surface area (Å²) in [6, 6.07) is 16.0. The van der Waals surface area contributed by atoms with Gasteiger partial charge in [-0.25, -0.2) is 4.79 Å². The van der Waals surface area contributed by atoms with Gasteiger partial charge in [0.25, 0.3) is 5.22 Å². The molecule has 7 nitrogen and oxygen atoms in total. The Morgan fingerprint density at radius 2 is 1.88 bits per heavy atom. The number of hydrogen-bond acceptors (Lipinski definition) is 7. The first kappa shape index (κ1) is 18.0. The summed E-state index contributed by atoms with van der Waals surface area (Å²) in [5.41, 5.74) is 7.15. The molecule has 1 heterocycles. The molecule has 26 heavy (non-hydrogen) atoms. The number of nitrogens with zero attached hydrogens (tertiary/aromatic N) is 3. The Hall–Kier alpha value is -2.84. The number of aromatic nitrogens is 2. The molecule has 0 spiro atoms. The SMILES string of the molecule is NC(=NOC(=O)CSc1nnc(-c2ccccc2)o1)c1ccc(Cl)cc1. The quantitative estimate of drug-likeness (QED) is 0.227. The standard InChI is InChI=1S/C17H13ClN4O3S/c18-13-8-6-11(7-9-13)15(19)22-25-14(23)10-26-17-21-20-16(24-17)12-4-2-1-3-5-12/h1-9H,10H2,(H2,19,22). The molecule has 3 aromatic rings. The molecule has 0 aliphatic carbocycles. The summed E-state index contributed by atoms with van der Waals surface area (Å²) in [6.07, 6.45) is 0. The fourth-order valence-corrected chi connectivity index (χ4v) is 2.54. The molecule has 9 heteroatoms. The molecular formula is C17H13ClN4O3S. The molecule has 3 rings (SSSR count). The van der Waals surface area contributed by atoms with Crippen LogP contribution in [0.4, 0.5) is 0 Å². The Labute approximate surface area is 158 Å². The van der Waals surface area contributed by atoms with E-state index in [4.69, 9.17) is 26.6 Å². The lowest BCUT2D eigenvalue weighted by Gasteiger charge is -2.00. The zero-order valence-electron chi connectivity index (χ0n) is 13.3. The minimum Gasteiger partial charge on any atom is -0.411 e. The zero-order chi connectivity index (χ0) is 18.4. The van der Waals surface area contributed by atoms with E-state index < -0.39 is 5.97 Å². The highest BCUT2D eigenvalue weighted by Gasteiger charge is 2.12. The second-order valence-electron chi connectivity index (χ2n) is 4.97. The third-order valence-electron chi connectivity index (χ3n) is 3.13. The van der Waals surface area contributed by atoms with Crippen molar-refractivity contribution in [2.24, 2.45) is 10.9 Å². The van der Waals surface area contributed by atoms with Crippen LogP contribution in [0.15, 0.2) is 69.4 Å². The lowest BCUT2D eigenvalue weighted by Crippen LogP contribution is -2.15. The molecule has 0 bridgehead atoms. The highest BCUT2D eigenvalue weighted by atomic mass is 35.5. The van der Waals surface area contributed by atoms with Crippen molar-refractivity contribution in [3.63, 3.8) is 0 Å². The van der Waals surface area contributed by atoms with Gasteiger partial charge in [0.15, 0.2) is 5.84 Å². The number of thioether (sulfide) groups is 1. The van der Waals surface area contributed by atoms with Gasteiger partial charge < -0.3 is 15.0 Å². The number of hydrogen-bond donors (Lipinski definition) is 1. The van der Waals surface area contributed by atoms with E-state index in [1.165, 1.54) is 0 Å². The summed E-state index contributed by atoms with van der Waals surface area (Å²) in [4.78, 5) is 16.5. The maximum atomic E-state index is 11.8. The van der Waals surface area contributed by atoms with Crippen LogP contribution in [0.2, 0.25) is 5.02 Å². The number of carbonyl (C=O) groups excluding carboxylic acids is 1. The lowest BCUT2D eigenvalue weighted by atomic mass is 10.2. The Kier molecular flexibility index (Phi) is 5.88. The predicted octanol–water partition coefficient (Wildman–Crippen LogP) is 3.35. The molecule has 0 radical (unpaired) electrons. The van der Waals surface area contributed by atoms with Crippen LogP contribution in [0, 0.1) is 0 Å². The number of carbonyl (C=O) groups is 1. The van der Waals surface area contributed by atoms with Gasteiger partial charge >= 0.3 is 5.97 Å². The second kappa shape index (κ2) is 8.50. The molecule has 0 atom stereocenters. The van der Waals surface area contributed by atoms with Gasteiger partial charge in [-0.3, -0.25) is 0 Å². The Bertz CT molecular complexity index is 913. The minimum atomic E-state index is -0.591. The fourth-order valence-electron chi connectivity index (χ4n) is 1.89. The van der Waals surface area contributed by atoms with Gasteiger partial charge in [0.2, 0.25) is 5.89 Å². The number of amidine groups is 1. The first-order valence-electron chi connectivity index (χ1n) is 7.43. The van der Waals surface area contributed by atoms with Gasteiger partial charge in [0, 0.05) is 16.1 Å². The summed E-state index contributed by atoms with van der Waals surface area (Å²) in [6.45, 7) is 0. The van der Waals surface area contributed by atoms with Gasteiger partial charge in [0.1, 0.15) is 5.75 Å². The molecule has 0 aliphatic heterocycles. The van der Waals surface area contributed by atoms with E-state index in [9.17, 15) is 4.79 Å². The first-order chi connectivity index (χ1) is 12.6. The second-order valence-corrected chi connectivity index (χ2v) is 6.34. The van der Waals surface area contributed by atoms with Crippen molar-refractivity contribution >= 4 is 35.2 Å². The van der Waals surface area contributed by atoms with Crippen LogP contribution < -0.4 is 5.73 Å². The Balaban J connectivity index is 1.52. The highest BCUT2D eigenvalue weighted by molar-refractivity contribution is 7.99. The minimum absolute atomic E-state index is 0.0478. The van der Waals surface area contributed by atoms with Gasteiger partial charge in [-0.1, -0.05) is 46.7 Å². The predicted molar refractivity (Wildman–Crippen MR) is 98.7 cm³/mol. The van der Waals surface area contributed by atoms with E-state index in [2.05, 4.69) is 15.4 Å². The average Bonchev–Trinajstić information content (AvgIpc) is 3.15. The van der Waals surface area contributed by atoms with E-state index in [0.717, 1.165) is 17.3 Å². The monoisotopic (exact) mass is 388 g/mol. The van der Waals surface area contributed by atoms with Crippen LogP contribution in [-0.4, -0.2) is 27.8 Å². The van der Waals surface area contributed by atoms with Gasteiger partial charge in [-0.15, -0.1) is 10.2 Å². The van der Waals surface area contributed by atoms with Crippen molar-refractivity contribution in [1.82, 2.24) is 10.2 Å². The summed E-state index contributed by atoms with van der Waals surface area (Å²) >= 11 is 6.85. The molecule has 0 amide bonds. The maximum Gasteiger partial charge on any atom is 0.345 e. The topological polar surface area (TPSA) is 104 Å². The fraction of sp³-hybridized carbons (Fsp3) is 0.0588. The van der Waals surface area contributed by atoms with Crippen molar-refractivity contribution in [2.45, 2.75) is 5.22 Å². The van der Waals surface area contributed by atoms with Crippen molar-refractivity contribution < 1.29 is 14.0 Å². The molecule has 1 aromatic heterocycles. The van der Waals surface area contributed by atoms with Crippen LogP contribution in [0.3, 0.4) is 0 Å². The zero-order valence-corrected chi connectivity index (χ0v) is 14.9. The molecule has 0 fully saturated rings. The first-order valence-corrected chi connectivity index (χ1v) is 8.79. The molecule has 0 saturated heterocycles. The average molecular weight is 389 g/mol. The van der Waals surface area contributed by atoms with Gasteiger partial charge in [-0.2, -0.15) is 0 Å². The van der Waals surface area contributed by atoms with Crippen molar-refractivity contribution in [3.8, 4) is 11.5 Å². The van der Waals surface area contributed by atoms with E-state index in [1.807, 2.05) is 30.3 Å². The van der Waals surface area contributed by atoms with Crippen molar-refractivity contribution in [3.05, 3.63) is 65.2 Å². The molecule has 2 N–H and O–H groups in total. The third-order valence-corrected chi connectivity index (χ3v) is 4.17. The molecule has 0 unspecified atom stereocenters. The van der Waals surface area contributed by atoms with E-state index >= 15 is 0 Å². The normalized spacial score (nSPS) is 11.3. The van der Waals surface area contributed by atoms with Gasteiger partial charge in [0.05, 0.1) is 0 Å². The van der Waals surface area contributed by atoms with Crippen LogP contribution in [0.1, 0.15) is 5.56 Å². The van der Waals surface area contributed by atoms with Gasteiger partial charge in [-0.05, 0) is 36.4 Å². The molecule has 2 aromatic carbocycles. The molecule has 0 saturated carbocycles. The van der Waals surface area contributed by atoms with Crippen LogP contribution in [-0.2, 0) is 9.63 Å². The molecular weight excluding hydrogens is 376 g/mol. The van der Waals surface area contributed by atoms with Crippen LogP contribution in [0.25, 0.3) is 11.5 Å². The maximum absolute atomic E-state index is 11.8. The number of rotatable bonds is 6. The molecule has 132 valence electrons. The number of nitrogens with two attached hydrogens (primary N) is 1. The summed E-state index contributed by atoms with van der Waals surface area (Å²) in [5.74, 6) is -0.185. The van der Waals surface area contributed by atoms with E-state index in [0.29, 0.717) is 16.5 Å². The van der Waals surface area contributed by atoms with Crippen molar-refractivity contribution in [1.29, 1.82) is 0 Å². The number of benzene rings is 2. The lowest BCUT2D eigenvalue weighted by molar-refractivity contribution is -0.140. The van der Waals surface area contributed by atoms with Crippen molar-refractivity contribution in [2.75, 3.05) is 5.75 Å². The van der Waals surface area contributed by atoms with E-state index in [-0.39, 0.29) is 16.8 Å². The molecule has 0 aliphatic rings. The third kappa shape index (κ3) is 4.84.